The number of nitrogens with zero attached hydrogens (tertiary/aromatic N) is 3. The third kappa shape index (κ3) is 4.82. The molecule has 152 valence electrons. The van der Waals surface area contributed by atoms with Crippen molar-refractivity contribution in [3.63, 3.8) is 0 Å². The highest BCUT2D eigenvalue weighted by Gasteiger charge is 2.23. The number of aliphatic hydroxyl groups excluding tert-OH is 1. The van der Waals surface area contributed by atoms with Crippen LogP contribution in [0.25, 0.3) is 0 Å². The molecule has 3 rings (SSSR count). The number of aliphatic hydroxyl groups is 1. The molecule has 0 saturated carbocycles. The summed E-state index contributed by atoms with van der Waals surface area (Å²) in [6, 6.07) is 3.30. The molecule has 2 heterocycles. The second-order valence-corrected chi connectivity index (χ2v) is 6.70. The van der Waals surface area contributed by atoms with Crippen molar-refractivity contribution in [2.24, 2.45) is 0 Å². The topological polar surface area (TPSA) is 101 Å². The molecule has 1 amide bonds. The van der Waals surface area contributed by atoms with Gasteiger partial charge in [-0.2, -0.15) is 0 Å². The van der Waals surface area contributed by atoms with Crippen LogP contribution in [0.3, 0.4) is 0 Å². The molecule has 10 heteroatoms. The highest BCUT2D eigenvalue weighted by molar-refractivity contribution is 5.93. The van der Waals surface area contributed by atoms with Crippen LogP contribution in [0.4, 0.5) is 8.78 Å². The van der Waals surface area contributed by atoms with Gasteiger partial charge in [0.1, 0.15) is 18.5 Å². The zero-order valence-electron chi connectivity index (χ0n) is 15.5. The predicted molar refractivity (Wildman–Crippen MR) is 96.1 cm³/mol. The standard InChI is InChI=1S/C18H23F2N5O3/c1-11-17(23-24-25(11)12-4-6-21-7-5-12)18(27)22-9-13(26)10-28-14-2-3-15(19)16(20)8-14/h2-3,8,12-13,21,26H,4-7,9-10H2,1H3,(H,22,27)/t13-/m1/s1. The lowest BCUT2D eigenvalue weighted by molar-refractivity contribution is 0.0838. The minimum Gasteiger partial charge on any atom is -0.491 e. The van der Waals surface area contributed by atoms with E-state index in [4.69, 9.17) is 4.74 Å². The van der Waals surface area contributed by atoms with Gasteiger partial charge in [-0.25, -0.2) is 13.5 Å². The van der Waals surface area contributed by atoms with E-state index in [2.05, 4.69) is 20.9 Å². The summed E-state index contributed by atoms with van der Waals surface area (Å²) in [4.78, 5) is 12.3. The van der Waals surface area contributed by atoms with Crippen molar-refractivity contribution >= 4 is 5.91 Å². The monoisotopic (exact) mass is 395 g/mol. The van der Waals surface area contributed by atoms with Crippen molar-refractivity contribution in [2.75, 3.05) is 26.2 Å². The number of amides is 1. The molecule has 2 aromatic rings. The molecule has 8 nitrogen and oxygen atoms in total. The van der Waals surface area contributed by atoms with Gasteiger partial charge < -0.3 is 20.5 Å². The number of benzene rings is 1. The second-order valence-electron chi connectivity index (χ2n) is 6.70. The Morgan fingerprint density at radius 1 is 1.39 bits per heavy atom. The first-order chi connectivity index (χ1) is 13.5. The van der Waals surface area contributed by atoms with E-state index in [0.717, 1.165) is 38.1 Å². The predicted octanol–water partition coefficient (Wildman–Crippen LogP) is 0.959. The molecule has 1 aliphatic heterocycles. The number of hydrogen-bond acceptors (Lipinski definition) is 6. The number of halogens is 2. The SMILES string of the molecule is Cc1c(C(=O)NC[C@@H](O)COc2ccc(F)c(F)c2)nnn1C1CCNCC1. The van der Waals surface area contributed by atoms with Gasteiger partial charge in [-0.1, -0.05) is 5.21 Å². The summed E-state index contributed by atoms with van der Waals surface area (Å²) in [5.41, 5.74) is 0.893. The number of piperidine rings is 1. The van der Waals surface area contributed by atoms with E-state index >= 15 is 0 Å². The minimum absolute atomic E-state index is 0.0812. The van der Waals surface area contributed by atoms with Gasteiger partial charge in [0, 0.05) is 12.6 Å². The molecule has 1 aromatic carbocycles. The largest absolute Gasteiger partial charge is 0.491 e. The van der Waals surface area contributed by atoms with Crippen LogP contribution in [0.15, 0.2) is 18.2 Å². The average molecular weight is 395 g/mol. The lowest BCUT2D eigenvalue weighted by Crippen LogP contribution is -2.36. The van der Waals surface area contributed by atoms with E-state index in [-0.39, 0.29) is 30.6 Å². The molecule has 0 aliphatic carbocycles. The highest BCUT2D eigenvalue weighted by atomic mass is 19.2. The number of ether oxygens (including phenoxy) is 1. The number of rotatable bonds is 7. The van der Waals surface area contributed by atoms with Crippen LogP contribution in [0, 0.1) is 18.6 Å². The van der Waals surface area contributed by atoms with Crippen LogP contribution in [0.5, 0.6) is 5.75 Å². The Morgan fingerprint density at radius 2 is 2.14 bits per heavy atom. The van der Waals surface area contributed by atoms with E-state index in [1.54, 1.807) is 11.6 Å². The van der Waals surface area contributed by atoms with Crippen LogP contribution in [0.2, 0.25) is 0 Å². The lowest BCUT2D eigenvalue weighted by Gasteiger charge is -2.23. The van der Waals surface area contributed by atoms with Crippen LogP contribution in [-0.4, -0.2) is 58.4 Å². The Bertz CT molecular complexity index is 824. The Balaban J connectivity index is 1.49. The summed E-state index contributed by atoms with van der Waals surface area (Å²) in [5, 5.41) is 23.9. The normalized spacial score (nSPS) is 16.0. The summed E-state index contributed by atoms with van der Waals surface area (Å²) in [5.74, 6) is -2.37. The molecule has 1 atom stereocenters. The molecule has 0 bridgehead atoms. The Kier molecular flexibility index (Phi) is 6.53. The fourth-order valence-electron chi connectivity index (χ4n) is 3.06. The Morgan fingerprint density at radius 3 is 2.86 bits per heavy atom. The number of carbonyl (C=O) groups excluding carboxylic acids is 1. The van der Waals surface area contributed by atoms with Crippen molar-refractivity contribution in [3.8, 4) is 5.75 Å². The van der Waals surface area contributed by atoms with E-state index in [1.807, 2.05) is 0 Å². The highest BCUT2D eigenvalue weighted by Crippen LogP contribution is 2.20. The number of hydrogen-bond donors (Lipinski definition) is 3. The molecular weight excluding hydrogens is 372 g/mol. The molecule has 1 aromatic heterocycles. The van der Waals surface area contributed by atoms with Gasteiger partial charge in [0.05, 0.1) is 11.7 Å². The van der Waals surface area contributed by atoms with Crippen molar-refractivity contribution in [1.82, 2.24) is 25.6 Å². The summed E-state index contributed by atoms with van der Waals surface area (Å²) < 4.78 is 33.0. The zero-order chi connectivity index (χ0) is 20.1. The van der Waals surface area contributed by atoms with Crippen LogP contribution < -0.4 is 15.4 Å². The Hall–Kier alpha value is -2.59. The fourth-order valence-corrected chi connectivity index (χ4v) is 3.06. The molecule has 0 unspecified atom stereocenters. The van der Waals surface area contributed by atoms with Crippen LogP contribution in [0.1, 0.15) is 35.1 Å². The Labute approximate surface area is 160 Å². The van der Waals surface area contributed by atoms with E-state index in [0.29, 0.717) is 5.69 Å². The molecular formula is C18H23F2N5O3. The molecule has 1 aliphatic rings. The van der Waals surface area contributed by atoms with Crippen molar-refractivity contribution < 1.29 is 23.4 Å². The molecule has 28 heavy (non-hydrogen) atoms. The van der Waals surface area contributed by atoms with E-state index in [9.17, 15) is 18.7 Å². The van der Waals surface area contributed by atoms with Gasteiger partial charge in [-0.15, -0.1) is 5.10 Å². The van der Waals surface area contributed by atoms with Gasteiger partial charge in [0.25, 0.3) is 5.91 Å². The first kappa shape index (κ1) is 20.2. The number of aromatic nitrogens is 3. The fraction of sp³-hybridized carbons (Fsp3) is 0.500. The number of carbonyl (C=O) groups is 1. The molecule has 3 N–H and O–H groups in total. The first-order valence-electron chi connectivity index (χ1n) is 9.12. The number of nitrogens with one attached hydrogen (secondary N) is 2. The molecule has 0 radical (unpaired) electrons. The summed E-state index contributed by atoms with van der Waals surface area (Å²) in [6.07, 6.45) is 0.813. The van der Waals surface area contributed by atoms with Gasteiger partial charge in [-0.05, 0) is 45.0 Å². The minimum atomic E-state index is -1.03. The van der Waals surface area contributed by atoms with Crippen molar-refractivity contribution in [2.45, 2.75) is 31.9 Å². The molecule has 0 spiro atoms. The maximum absolute atomic E-state index is 13.1. The van der Waals surface area contributed by atoms with Gasteiger partial charge in [-0.3, -0.25) is 4.79 Å². The quantitative estimate of drug-likeness (QED) is 0.646. The third-order valence-electron chi connectivity index (χ3n) is 4.63. The summed E-state index contributed by atoms with van der Waals surface area (Å²) in [6.45, 7) is 3.32. The van der Waals surface area contributed by atoms with Gasteiger partial charge in [0.2, 0.25) is 0 Å². The van der Waals surface area contributed by atoms with E-state index < -0.39 is 23.6 Å². The second kappa shape index (κ2) is 9.07. The van der Waals surface area contributed by atoms with Crippen LogP contribution >= 0.6 is 0 Å². The molecule has 1 fully saturated rings. The van der Waals surface area contributed by atoms with Crippen molar-refractivity contribution in [1.29, 1.82) is 0 Å². The zero-order valence-corrected chi connectivity index (χ0v) is 15.5. The first-order valence-corrected chi connectivity index (χ1v) is 9.12. The van der Waals surface area contributed by atoms with Crippen LogP contribution in [-0.2, 0) is 0 Å². The third-order valence-corrected chi connectivity index (χ3v) is 4.63. The lowest BCUT2D eigenvalue weighted by atomic mass is 10.1. The summed E-state index contributed by atoms with van der Waals surface area (Å²) >= 11 is 0. The smallest absolute Gasteiger partial charge is 0.273 e. The maximum Gasteiger partial charge on any atom is 0.273 e. The van der Waals surface area contributed by atoms with E-state index in [1.165, 1.54) is 6.07 Å². The van der Waals surface area contributed by atoms with Gasteiger partial charge in [0.15, 0.2) is 17.3 Å². The average Bonchev–Trinajstić information content (AvgIpc) is 3.09. The summed E-state index contributed by atoms with van der Waals surface area (Å²) in [7, 11) is 0. The van der Waals surface area contributed by atoms with Gasteiger partial charge >= 0.3 is 0 Å². The maximum atomic E-state index is 13.1. The molecule has 1 saturated heterocycles. The van der Waals surface area contributed by atoms with Crippen molar-refractivity contribution in [3.05, 3.63) is 41.2 Å².